The number of unbranched alkanes of at least 4 members (excludes halogenated alkanes) is 18. The topological polar surface area (TPSA) is 82.1 Å². The second-order valence-electron chi connectivity index (χ2n) is 15.2. The van der Waals surface area contributed by atoms with Crippen molar-refractivity contribution in [1.29, 1.82) is 0 Å². The van der Waals surface area contributed by atoms with Gasteiger partial charge < -0.3 is 19.1 Å². The van der Waals surface area contributed by atoms with Crippen molar-refractivity contribution in [3.63, 3.8) is 0 Å². The zero-order valence-electron chi connectivity index (χ0n) is 34.8. The molecule has 0 aliphatic heterocycles. The molecule has 0 spiro atoms. The van der Waals surface area contributed by atoms with E-state index >= 15 is 0 Å². The third-order valence-corrected chi connectivity index (χ3v) is 9.83. The number of rotatable bonds is 38. The van der Waals surface area contributed by atoms with E-state index in [2.05, 4.69) is 39.8 Å². The Kier molecular flexibility index (Phi) is 37.0. The number of nitrogens with zero attached hydrogens (tertiary/aromatic N) is 1. The van der Waals surface area contributed by atoms with Crippen LogP contribution in [0.15, 0.2) is 24.3 Å². The average molecular weight is 734 g/mol. The van der Waals surface area contributed by atoms with Gasteiger partial charge in [0.2, 0.25) is 0 Å². The van der Waals surface area contributed by atoms with Gasteiger partial charge in [0.1, 0.15) is 6.10 Å². The molecule has 7 nitrogen and oxygen atoms in total. The lowest BCUT2D eigenvalue weighted by Gasteiger charge is -2.21. The molecular formula is C45H83NO6. The Labute approximate surface area is 321 Å². The van der Waals surface area contributed by atoms with Gasteiger partial charge in [0.15, 0.2) is 0 Å². The van der Waals surface area contributed by atoms with Gasteiger partial charge in [0, 0.05) is 18.6 Å². The normalized spacial score (nSPS) is 12.4. The predicted octanol–water partition coefficient (Wildman–Crippen LogP) is 12.3. The minimum absolute atomic E-state index is 0.00463. The minimum atomic E-state index is -0.218. The zero-order valence-corrected chi connectivity index (χ0v) is 34.8. The van der Waals surface area contributed by atoms with Crippen molar-refractivity contribution in [3.8, 4) is 0 Å². The number of esters is 3. The molecule has 0 aromatic heterocycles. The molecule has 0 saturated carbocycles. The molecule has 1 unspecified atom stereocenters. The third-order valence-electron chi connectivity index (χ3n) is 9.83. The van der Waals surface area contributed by atoms with E-state index in [4.69, 9.17) is 14.2 Å². The van der Waals surface area contributed by atoms with Crippen LogP contribution in [0.5, 0.6) is 0 Å². The van der Waals surface area contributed by atoms with E-state index in [0.29, 0.717) is 25.6 Å². The number of carbonyl (C=O) groups excluding carboxylic acids is 3. The van der Waals surface area contributed by atoms with Crippen molar-refractivity contribution in [2.24, 2.45) is 5.92 Å². The summed E-state index contributed by atoms with van der Waals surface area (Å²) in [6.45, 7) is 8.63. The molecule has 7 heteroatoms. The summed E-state index contributed by atoms with van der Waals surface area (Å²) < 4.78 is 16.8. The molecule has 1 atom stereocenters. The van der Waals surface area contributed by atoms with Gasteiger partial charge in [-0.1, -0.05) is 129 Å². The maximum absolute atomic E-state index is 13.0. The first kappa shape index (κ1) is 49.9. The van der Waals surface area contributed by atoms with Crippen molar-refractivity contribution >= 4 is 17.9 Å². The lowest BCUT2D eigenvalue weighted by Crippen LogP contribution is -2.21. The van der Waals surface area contributed by atoms with E-state index in [1.54, 1.807) is 12.2 Å². The van der Waals surface area contributed by atoms with Gasteiger partial charge in [-0.2, -0.15) is 0 Å². The highest BCUT2D eigenvalue weighted by Gasteiger charge is 2.18. The lowest BCUT2D eigenvalue weighted by atomic mass is 9.96. The maximum Gasteiger partial charge on any atom is 0.330 e. The van der Waals surface area contributed by atoms with Gasteiger partial charge >= 0.3 is 17.9 Å². The molecule has 0 rings (SSSR count). The Hall–Kier alpha value is -2.15. The molecule has 0 saturated heterocycles. The van der Waals surface area contributed by atoms with Crippen LogP contribution in [0.4, 0.5) is 0 Å². The van der Waals surface area contributed by atoms with E-state index in [-0.39, 0.29) is 24.0 Å². The third kappa shape index (κ3) is 36.2. The minimum Gasteiger partial charge on any atom is -0.463 e. The van der Waals surface area contributed by atoms with Crippen LogP contribution in [-0.2, 0) is 28.6 Å². The van der Waals surface area contributed by atoms with Crippen molar-refractivity contribution in [3.05, 3.63) is 24.3 Å². The first-order chi connectivity index (χ1) is 25.3. The van der Waals surface area contributed by atoms with Crippen LogP contribution in [0.3, 0.4) is 0 Å². The van der Waals surface area contributed by atoms with Crippen molar-refractivity contribution in [2.75, 3.05) is 33.9 Å². The smallest absolute Gasteiger partial charge is 0.330 e. The van der Waals surface area contributed by atoms with Crippen molar-refractivity contribution in [1.82, 2.24) is 4.90 Å². The van der Waals surface area contributed by atoms with E-state index < -0.39 is 0 Å². The molecule has 0 aliphatic rings. The molecule has 304 valence electrons. The van der Waals surface area contributed by atoms with Gasteiger partial charge in [-0.15, -0.1) is 0 Å². The molecule has 0 radical (unpaired) electrons. The highest BCUT2D eigenvalue weighted by atomic mass is 16.5. The van der Waals surface area contributed by atoms with E-state index in [1.807, 2.05) is 12.2 Å². The Bertz CT molecular complexity index is 833. The largest absolute Gasteiger partial charge is 0.463 e. The van der Waals surface area contributed by atoms with Crippen LogP contribution in [0.2, 0.25) is 0 Å². The second kappa shape index (κ2) is 38.6. The summed E-state index contributed by atoms with van der Waals surface area (Å²) in [6.07, 6.45) is 37.2. The van der Waals surface area contributed by atoms with Gasteiger partial charge in [-0.25, -0.2) is 9.59 Å². The molecule has 0 N–H and O–H groups in total. The predicted molar refractivity (Wildman–Crippen MR) is 218 cm³/mol. The standard InChI is InChI=1S/C45H83NO6/c1-6-9-11-13-21-27-35-43(47)50-38-29-23-17-15-19-25-33-42(52-45(49)40-41(8-3)32-31-37-46(4)5)34-26-20-16-18-24-30-39-51-44(48)36-28-22-14-12-10-7-2/h27-28,35-36,41-42H,6-26,29-34,37-40H2,1-5H3/b35-27-,36-28-. The van der Waals surface area contributed by atoms with Gasteiger partial charge in [0.25, 0.3) is 0 Å². The SMILES string of the molecule is CCCCCC/C=C\C(=O)OCCCCCCCCC(CCCCCCCCOC(=O)/C=C\CCCCCC)OC(=O)CC(CC)CCCN(C)C. The molecule has 0 heterocycles. The van der Waals surface area contributed by atoms with E-state index in [9.17, 15) is 14.4 Å². The summed E-state index contributed by atoms with van der Waals surface area (Å²) in [4.78, 5) is 38.9. The number of carbonyl (C=O) groups is 3. The van der Waals surface area contributed by atoms with Gasteiger partial charge in [-0.3, -0.25) is 4.79 Å². The number of hydrogen-bond acceptors (Lipinski definition) is 7. The highest BCUT2D eigenvalue weighted by Crippen LogP contribution is 2.21. The first-order valence-corrected chi connectivity index (χ1v) is 21.8. The Balaban J connectivity index is 4.34. The summed E-state index contributed by atoms with van der Waals surface area (Å²) in [6, 6.07) is 0. The first-order valence-electron chi connectivity index (χ1n) is 21.8. The van der Waals surface area contributed by atoms with Crippen LogP contribution < -0.4 is 0 Å². The molecular weight excluding hydrogens is 650 g/mol. The van der Waals surface area contributed by atoms with E-state index in [0.717, 1.165) is 141 Å². The summed E-state index contributed by atoms with van der Waals surface area (Å²) in [5.74, 6) is -0.0675. The highest BCUT2D eigenvalue weighted by molar-refractivity contribution is 5.82. The van der Waals surface area contributed by atoms with Crippen molar-refractivity contribution < 1.29 is 28.6 Å². The zero-order chi connectivity index (χ0) is 38.3. The Morgan fingerprint density at radius 2 is 0.981 bits per heavy atom. The van der Waals surface area contributed by atoms with Crippen molar-refractivity contribution in [2.45, 2.75) is 207 Å². The lowest BCUT2D eigenvalue weighted by molar-refractivity contribution is -0.151. The fourth-order valence-electron chi connectivity index (χ4n) is 6.42. The summed E-state index contributed by atoms with van der Waals surface area (Å²) in [7, 11) is 4.19. The summed E-state index contributed by atoms with van der Waals surface area (Å²) in [5.41, 5.74) is 0. The molecule has 0 aromatic carbocycles. The molecule has 0 aliphatic carbocycles. The molecule has 0 bridgehead atoms. The van der Waals surface area contributed by atoms with Gasteiger partial charge in [-0.05, 0) is 104 Å². The fraction of sp³-hybridized carbons (Fsp3) is 0.844. The van der Waals surface area contributed by atoms with Crippen LogP contribution >= 0.6 is 0 Å². The fourth-order valence-corrected chi connectivity index (χ4v) is 6.42. The maximum atomic E-state index is 13.0. The van der Waals surface area contributed by atoms with E-state index in [1.165, 1.54) is 38.5 Å². The molecule has 52 heavy (non-hydrogen) atoms. The average Bonchev–Trinajstić information content (AvgIpc) is 3.12. The monoisotopic (exact) mass is 734 g/mol. The number of hydrogen-bond donors (Lipinski definition) is 0. The number of allylic oxidation sites excluding steroid dienone is 2. The molecule has 0 aromatic rings. The van der Waals surface area contributed by atoms with Crippen LogP contribution in [0.25, 0.3) is 0 Å². The second-order valence-corrected chi connectivity index (χ2v) is 15.2. The number of ether oxygens (including phenoxy) is 3. The Morgan fingerprint density at radius 3 is 1.42 bits per heavy atom. The molecule has 0 fully saturated rings. The van der Waals surface area contributed by atoms with Crippen LogP contribution in [0, 0.1) is 5.92 Å². The van der Waals surface area contributed by atoms with Gasteiger partial charge in [0.05, 0.1) is 13.2 Å². The quantitative estimate of drug-likeness (QED) is 0.0270. The summed E-state index contributed by atoms with van der Waals surface area (Å²) >= 11 is 0. The van der Waals surface area contributed by atoms with Crippen LogP contribution in [0.1, 0.15) is 201 Å². The molecule has 0 amide bonds. The Morgan fingerprint density at radius 1 is 0.538 bits per heavy atom. The summed E-state index contributed by atoms with van der Waals surface area (Å²) in [5, 5.41) is 0. The van der Waals surface area contributed by atoms with Crippen LogP contribution in [-0.4, -0.2) is 62.8 Å².